The van der Waals surface area contributed by atoms with Crippen LogP contribution in [0.25, 0.3) is 0 Å². The molecule has 0 aliphatic carbocycles. The highest BCUT2D eigenvalue weighted by Gasteiger charge is 2.39. The number of carbonyl (C=O) groups is 4. The lowest BCUT2D eigenvalue weighted by Gasteiger charge is -2.29. The first-order chi connectivity index (χ1) is 13.3. The van der Waals surface area contributed by atoms with Crippen molar-refractivity contribution < 1.29 is 19.2 Å². The monoisotopic (exact) mass is 509 g/mol. The second-order valence-corrected chi connectivity index (χ2v) is 7.96. The Kier molecular flexibility index (Phi) is 4.79. The van der Waals surface area contributed by atoms with Gasteiger partial charge in [0.25, 0.3) is 11.8 Å². The topological polar surface area (TPSA) is 124 Å². The number of halogens is 2. The molecule has 28 heavy (non-hydrogen) atoms. The van der Waals surface area contributed by atoms with Crippen molar-refractivity contribution in [3.63, 3.8) is 0 Å². The van der Waals surface area contributed by atoms with Crippen LogP contribution in [0.5, 0.6) is 0 Å². The third kappa shape index (κ3) is 3.35. The molecule has 1 atom stereocenters. The van der Waals surface area contributed by atoms with Crippen LogP contribution in [0.15, 0.2) is 27.5 Å². The van der Waals surface area contributed by atoms with Crippen LogP contribution in [0.4, 0.5) is 5.69 Å². The van der Waals surface area contributed by atoms with E-state index in [0.29, 0.717) is 32.6 Å². The minimum absolute atomic E-state index is 0.189. The molecule has 0 radical (unpaired) electrons. The van der Waals surface area contributed by atoms with Gasteiger partial charge in [-0.2, -0.15) is 0 Å². The number of rotatable bonds is 3. The zero-order valence-electron chi connectivity index (χ0n) is 14.2. The number of H-pyrrole nitrogens is 1. The van der Waals surface area contributed by atoms with Gasteiger partial charge in [-0.05, 0) is 62.0 Å². The molecule has 3 N–H and O–H groups in total. The van der Waals surface area contributed by atoms with Crippen LogP contribution in [-0.4, -0.2) is 44.5 Å². The lowest BCUT2D eigenvalue weighted by molar-refractivity contribution is -0.136. The highest BCUT2D eigenvalue weighted by atomic mass is 79.9. The molecule has 0 spiro atoms. The minimum atomic E-state index is -0.673. The largest absolute Gasteiger partial charge is 0.327 e. The van der Waals surface area contributed by atoms with Gasteiger partial charge >= 0.3 is 0 Å². The lowest BCUT2D eigenvalue weighted by Crippen LogP contribution is -2.52. The number of amides is 4. The van der Waals surface area contributed by atoms with Crippen molar-refractivity contribution in [1.82, 2.24) is 20.2 Å². The standard InChI is InChI=1S/C17H13Br2N5O4/c18-13-12(22-17(19)23-13)15(27)20-8-1-2-9-7(5-8)6-24(16(9)28)10-3-4-11(25)21-14(10)26/h1-2,5,10H,3-4,6H2,(H,20,27)(H,22,23)(H,21,25,26). The van der Waals surface area contributed by atoms with Crippen molar-refractivity contribution in [2.45, 2.75) is 25.4 Å². The van der Waals surface area contributed by atoms with Crippen molar-refractivity contribution in [3.05, 3.63) is 44.4 Å². The Morgan fingerprint density at radius 3 is 2.71 bits per heavy atom. The number of aromatic nitrogens is 2. The van der Waals surface area contributed by atoms with E-state index in [4.69, 9.17) is 0 Å². The first-order valence-electron chi connectivity index (χ1n) is 8.33. The van der Waals surface area contributed by atoms with Crippen molar-refractivity contribution in [2.75, 3.05) is 5.32 Å². The van der Waals surface area contributed by atoms with Crippen molar-refractivity contribution in [1.29, 1.82) is 0 Å². The molecule has 2 aliphatic heterocycles. The zero-order chi connectivity index (χ0) is 20.0. The third-order valence-electron chi connectivity index (χ3n) is 4.63. The highest BCUT2D eigenvalue weighted by Crippen LogP contribution is 2.29. The number of nitrogens with one attached hydrogen (secondary N) is 3. The van der Waals surface area contributed by atoms with E-state index < -0.39 is 17.9 Å². The Bertz CT molecular complexity index is 1030. The number of hydrogen-bond acceptors (Lipinski definition) is 5. The Morgan fingerprint density at radius 2 is 2.04 bits per heavy atom. The SMILES string of the molecule is O=C1CCC(N2Cc3cc(NC(=O)c4nc(Br)[nH]c4Br)ccc3C2=O)C(=O)N1. The van der Waals surface area contributed by atoms with Gasteiger partial charge < -0.3 is 15.2 Å². The first-order valence-corrected chi connectivity index (χ1v) is 9.92. The predicted molar refractivity (Wildman–Crippen MR) is 104 cm³/mol. The summed E-state index contributed by atoms with van der Waals surface area (Å²) < 4.78 is 0.862. The van der Waals surface area contributed by atoms with Crippen molar-refractivity contribution >= 4 is 61.2 Å². The molecule has 11 heteroatoms. The molecule has 2 aromatic rings. The van der Waals surface area contributed by atoms with E-state index in [9.17, 15) is 19.2 Å². The van der Waals surface area contributed by atoms with Crippen LogP contribution >= 0.6 is 31.9 Å². The average molecular weight is 511 g/mol. The molecule has 1 saturated heterocycles. The Morgan fingerprint density at radius 1 is 1.25 bits per heavy atom. The maximum absolute atomic E-state index is 12.7. The second kappa shape index (κ2) is 7.13. The average Bonchev–Trinajstić information content (AvgIpc) is 3.14. The molecule has 144 valence electrons. The van der Waals surface area contributed by atoms with Crippen molar-refractivity contribution in [3.8, 4) is 0 Å². The maximum atomic E-state index is 12.7. The number of fused-ring (bicyclic) bond motifs is 1. The Balaban J connectivity index is 1.52. The fourth-order valence-corrected chi connectivity index (χ4v) is 4.42. The number of imide groups is 1. The fourth-order valence-electron chi connectivity index (χ4n) is 3.32. The molecule has 1 aromatic carbocycles. The van der Waals surface area contributed by atoms with E-state index in [2.05, 4.69) is 52.5 Å². The fraction of sp³-hybridized carbons (Fsp3) is 0.235. The number of anilines is 1. The van der Waals surface area contributed by atoms with Gasteiger partial charge in [0.05, 0.1) is 0 Å². The van der Waals surface area contributed by atoms with E-state index in [-0.39, 0.29) is 30.5 Å². The van der Waals surface area contributed by atoms with E-state index in [0.717, 1.165) is 0 Å². The summed E-state index contributed by atoms with van der Waals surface area (Å²) in [5, 5.41) is 5.01. The van der Waals surface area contributed by atoms with E-state index in [1.165, 1.54) is 4.90 Å². The number of benzene rings is 1. The summed E-state index contributed by atoms with van der Waals surface area (Å²) >= 11 is 6.39. The molecule has 2 aliphatic rings. The molecular formula is C17H13Br2N5O4. The van der Waals surface area contributed by atoms with Crippen molar-refractivity contribution in [2.24, 2.45) is 0 Å². The van der Waals surface area contributed by atoms with Gasteiger partial charge in [-0.15, -0.1) is 0 Å². The molecular weight excluding hydrogens is 498 g/mol. The molecule has 1 fully saturated rings. The molecule has 0 saturated carbocycles. The third-order valence-corrected chi connectivity index (χ3v) is 5.58. The normalized spacial score (nSPS) is 18.9. The number of piperidine rings is 1. The molecule has 1 unspecified atom stereocenters. The Hall–Kier alpha value is -2.53. The van der Waals surface area contributed by atoms with Gasteiger partial charge in [0.2, 0.25) is 11.8 Å². The number of imidazole rings is 1. The van der Waals surface area contributed by atoms with Crippen LogP contribution in [0.3, 0.4) is 0 Å². The van der Waals surface area contributed by atoms with Crippen LogP contribution in [0.2, 0.25) is 0 Å². The molecule has 1 aromatic heterocycles. The summed E-state index contributed by atoms with van der Waals surface area (Å²) in [6.07, 6.45) is 0.502. The first kappa shape index (κ1) is 18.8. The van der Waals surface area contributed by atoms with Crippen LogP contribution in [0.1, 0.15) is 39.3 Å². The van der Waals surface area contributed by atoms with Gasteiger partial charge in [0, 0.05) is 24.2 Å². The summed E-state index contributed by atoms with van der Waals surface area (Å²) in [5.74, 6) is -1.46. The maximum Gasteiger partial charge on any atom is 0.277 e. The number of aromatic amines is 1. The summed E-state index contributed by atoms with van der Waals surface area (Å²) in [4.78, 5) is 56.8. The molecule has 3 heterocycles. The predicted octanol–water partition coefficient (Wildman–Crippen LogP) is 1.95. The van der Waals surface area contributed by atoms with E-state index >= 15 is 0 Å². The number of carbonyl (C=O) groups excluding carboxylic acids is 4. The lowest BCUT2D eigenvalue weighted by atomic mass is 10.0. The van der Waals surface area contributed by atoms with Gasteiger partial charge in [-0.3, -0.25) is 24.5 Å². The van der Waals surface area contributed by atoms with Crippen LogP contribution < -0.4 is 10.6 Å². The smallest absolute Gasteiger partial charge is 0.277 e. The van der Waals surface area contributed by atoms with Crippen LogP contribution in [-0.2, 0) is 16.1 Å². The van der Waals surface area contributed by atoms with Gasteiger partial charge in [0.15, 0.2) is 10.4 Å². The summed E-state index contributed by atoms with van der Waals surface area (Å²) in [6, 6.07) is 4.27. The van der Waals surface area contributed by atoms with E-state index in [1.54, 1.807) is 18.2 Å². The summed E-state index contributed by atoms with van der Waals surface area (Å²) in [6.45, 7) is 0.238. The zero-order valence-corrected chi connectivity index (χ0v) is 17.4. The highest BCUT2D eigenvalue weighted by molar-refractivity contribution is 9.11. The van der Waals surface area contributed by atoms with Gasteiger partial charge in [-0.25, -0.2) is 4.98 Å². The Labute approximate surface area is 175 Å². The molecule has 4 rings (SSSR count). The minimum Gasteiger partial charge on any atom is -0.327 e. The quantitative estimate of drug-likeness (QED) is 0.544. The molecule has 4 amide bonds. The number of hydrogen-bond donors (Lipinski definition) is 3. The van der Waals surface area contributed by atoms with Crippen LogP contribution in [0, 0.1) is 0 Å². The van der Waals surface area contributed by atoms with E-state index in [1.807, 2.05) is 0 Å². The molecule has 0 bridgehead atoms. The summed E-state index contributed by atoms with van der Waals surface area (Å²) in [7, 11) is 0. The van der Waals surface area contributed by atoms with Gasteiger partial charge in [0.1, 0.15) is 10.6 Å². The number of nitrogens with zero attached hydrogens (tertiary/aromatic N) is 2. The summed E-state index contributed by atoms with van der Waals surface area (Å²) in [5.41, 5.74) is 1.88. The molecule has 9 nitrogen and oxygen atoms in total. The second-order valence-electron chi connectivity index (χ2n) is 6.42. The van der Waals surface area contributed by atoms with Gasteiger partial charge in [-0.1, -0.05) is 0 Å².